The Balaban J connectivity index is 1.74. The zero-order valence-electron chi connectivity index (χ0n) is 17.1. The van der Waals surface area contributed by atoms with Crippen LogP contribution < -0.4 is 16.4 Å². The van der Waals surface area contributed by atoms with Crippen LogP contribution in [-0.2, 0) is 0 Å². The van der Waals surface area contributed by atoms with Crippen LogP contribution >= 0.6 is 23.2 Å². The van der Waals surface area contributed by atoms with Crippen molar-refractivity contribution in [2.75, 3.05) is 30.8 Å². The van der Waals surface area contributed by atoms with Gasteiger partial charge in [-0.3, -0.25) is 4.99 Å². The summed E-state index contributed by atoms with van der Waals surface area (Å²) >= 11 is 12.3. The van der Waals surface area contributed by atoms with E-state index >= 15 is 0 Å². The maximum absolute atomic E-state index is 6.33. The maximum Gasteiger partial charge on any atom is 0.163 e. The van der Waals surface area contributed by atoms with E-state index in [1.165, 1.54) is 0 Å². The van der Waals surface area contributed by atoms with Crippen molar-refractivity contribution in [2.24, 2.45) is 10.7 Å². The Morgan fingerprint density at radius 1 is 1.10 bits per heavy atom. The van der Waals surface area contributed by atoms with Gasteiger partial charge in [-0.2, -0.15) is 0 Å². The highest BCUT2D eigenvalue weighted by Gasteiger charge is 2.12. The quantitative estimate of drug-likeness (QED) is 0.274. The molecule has 0 radical (unpaired) electrons. The van der Waals surface area contributed by atoms with Gasteiger partial charge in [-0.1, -0.05) is 35.3 Å². The third-order valence-corrected chi connectivity index (χ3v) is 5.27. The maximum atomic E-state index is 6.33. The number of amidine groups is 1. The molecule has 0 unspecified atom stereocenters. The lowest BCUT2D eigenvalue weighted by Crippen LogP contribution is -2.18. The average Bonchev–Trinajstić information content (AvgIpc) is 2.73. The first-order valence-electron chi connectivity index (χ1n) is 9.52. The highest BCUT2D eigenvalue weighted by atomic mass is 35.5. The summed E-state index contributed by atoms with van der Waals surface area (Å²) in [6.07, 6.45) is 0. The molecule has 0 amide bonds. The number of nitrogens with two attached hydrogens (primary N) is 1. The monoisotopic (exact) mass is 442 g/mol. The average molecular weight is 443 g/mol. The predicted octanol–water partition coefficient (Wildman–Crippen LogP) is 4.93. The molecule has 8 heteroatoms. The minimum absolute atomic E-state index is 0.492. The van der Waals surface area contributed by atoms with Crippen LogP contribution in [0.3, 0.4) is 0 Å². The summed E-state index contributed by atoms with van der Waals surface area (Å²) < 4.78 is 0. The van der Waals surface area contributed by atoms with E-state index in [-0.39, 0.29) is 0 Å². The van der Waals surface area contributed by atoms with Crippen LogP contribution in [0.2, 0.25) is 10.0 Å². The number of hydrogen-bond acceptors (Lipinski definition) is 5. The topological polar surface area (TPSA) is 88.2 Å². The number of aliphatic imine (C=N–C) groups is 1. The van der Waals surface area contributed by atoms with Gasteiger partial charge in [0.2, 0.25) is 0 Å². The second kappa shape index (κ2) is 9.78. The Kier molecular flexibility index (Phi) is 7.13. The van der Waals surface area contributed by atoms with Gasteiger partial charge >= 0.3 is 0 Å². The Bertz CT molecular complexity index is 1080. The Morgan fingerprint density at radius 2 is 1.87 bits per heavy atom. The van der Waals surface area contributed by atoms with E-state index in [0.29, 0.717) is 34.8 Å². The molecule has 0 spiro atoms. The molecule has 0 aliphatic rings. The van der Waals surface area contributed by atoms with Crippen LogP contribution in [0.4, 0.5) is 11.5 Å². The third kappa shape index (κ3) is 5.01. The Hall–Kier alpha value is -2.83. The number of nitrogens with one attached hydrogen (secondary N) is 2. The second-order valence-electron chi connectivity index (χ2n) is 6.72. The number of rotatable bonds is 7. The molecule has 0 saturated heterocycles. The molecule has 0 atom stereocenters. The van der Waals surface area contributed by atoms with Gasteiger partial charge in [0.05, 0.1) is 11.6 Å². The molecule has 30 heavy (non-hydrogen) atoms. The molecule has 156 valence electrons. The molecule has 0 aliphatic carbocycles. The van der Waals surface area contributed by atoms with Crippen LogP contribution in [0.5, 0.6) is 0 Å². The first kappa shape index (κ1) is 21.9. The standard InChI is InChI=1S/C22H24Cl2N6/c1-13-14(2)29-22(16-9-8-15(23)12-18(16)24)30-21(13)28-11-10-27-20(25)17-6-4-5-7-19(17)26-3/h4-9,12,26H,10-11H2,1-3H3,(H2,25,27)(H,28,29,30). The van der Waals surface area contributed by atoms with E-state index < -0.39 is 0 Å². The molecular weight excluding hydrogens is 419 g/mol. The number of halogens is 2. The van der Waals surface area contributed by atoms with Crippen molar-refractivity contribution in [2.45, 2.75) is 13.8 Å². The van der Waals surface area contributed by atoms with Gasteiger partial charge < -0.3 is 16.4 Å². The first-order valence-corrected chi connectivity index (χ1v) is 10.3. The van der Waals surface area contributed by atoms with E-state index in [2.05, 4.69) is 25.6 Å². The summed E-state index contributed by atoms with van der Waals surface area (Å²) in [5.74, 6) is 1.78. The molecule has 3 aromatic rings. The largest absolute Gasteiger partial charge is 0.388 e. The zero-order valence-corrected chi connectivity index (χ0v) is 18.6. The lowest BCUT2D eigenvalue weighted by atomic mass is 10.1. The fourth-order valence-corrected chi connectivity index (χ4v) is 3.45. The van der Waals surface area contributed by atoms with Gasteiger partial charge in [0, 0.05) is 46.7 Å². The van der Waals surface area contributed by atoms with Gasteiger partial charge in [-0.05, 0) is 44.2 Å². The summed E-state index contributed by atoms with van der Waals surface area (Å²) in [6.45, 7) is 5.00. The lowest BCUT2D eigenvalue weighted by molar-refractivity contribution is 0.985. The summed E-state index contributed by atoms with van der Waals surface area (Å²) in [5, 5.41) is 7.54. The van der Waals surface area contributed by atoms with Crippen LogP contribution in [0.1, 0.15) is 16.8 Å². The molecule has 2 aromatic carbocycles. The molecule has 6 nitrogen and oxygen atoms in total. The molecule has 0 saturated carbocycles. The van der Waals surface area contributed by atoms with Crippen LogP contribution in [0, 0.1) is 13.8 Å². The number of anilines is 2. The van der Waals surface area contributed by atoms with E-state index in [1.54, 1.807) is 12.1 Å². The molecule has 0 fully saturated rings. The number of para-hydroxylation sites is 1. The Morgan fingerprint density at radius 3 is 2.60 bits per heavy atom. The highest BCUT2D eigenvalue weighted by Crippen LogP contribution is 2.30. The van der Waals surface area contributed by atoms with Gasteiger partial charge in [0.1, 0.15) is 11.7 Å². The van der Waals surface area contributed by atoms with Crippen molar-refractivity contribution >= 4 is 40.5 Å². The number of aromatic nitrogens is 2. The molecule has 1 heterocycles. The third-order valence-electron chi connectivity index (χ3n) is 4.72. The van der Waals surface area contributed by atoms with Crippen molar-refractivity contribution < 1.29 is 0 Å². The first-order chi connectivity index (χ1) is 14.4. The summed E-state index contributed by atoms with van der Waals surface area (Å²) in [5.41, 5.74) is 10.6. The minimum Gasteiger partial charge on any atom is -0.388 e. The number of aryl methyl sites for hydroxylation is 1. The summed E-state index contributed by atoms with van der Waals surface area (Å²) in [6, 6.07) is 13.1. The van der Waals surface area contributed by atoms with E-state index in [4.69, 9.17) is 28.9 Å². The van der Waals surface area contributed by atoms with Crippen molar-refractivity contribution in [3.63, 3.8) is 0 Å². The van der Waals surface area contributed by atoms with Crippen LogP contribution in [-0.4, -0.2) is 35.9 Å². The fourth-order valence-electron chi connectivity index (χ4n) is 2.95. The molecule has 0 aliphatic heterocycles. The molecule has 3 rings (SSSR count). The zero-order chi connectivity index (χ0) is 21.7. The Labute approximate surface area is 186 Å². The van der Waals surface area contributed by atoms with Crippen molar-refractivity contribution in [3.8, 4) is 11.4 Å². The molecule has 4 N–H and O–H groups in total. The van der Waals surface area contributed by atoms with Crippen LogP contribution in [0.15, 0.2) is 47.5 Å². The molecule has 1 aromatic heterocycles. The van der Waals surface area contributed by atoms with Gasteiger partial charge in [-0.25, -0.2) is 9.97 Å². The van der Waals surface area contributed by atoms with Gasteiger partial charge in [0.25, 0.3) is 0 Å². The van der Waals surface area contributed by atoms with E-state index in [9.17, 15) is 0 Å². The van der Waals surface area contributed by atoms with Crippen LogP contribution in [0.25, 0.3) is 11.4 Å². The molecular formula is C22H24Cl2N6. The SMILES string of the molecule is CNc1ccccc1C(N)=NCCNc1nc(-c2ccc(Cl)cc2Cl)nc(C)c1C. The number of benzene rings is 2. The fraction of sp³-hybridized carbons (Fsp3) is 0.227. The lowest BCUT2D eigenvalue weighted by Gasteiger charge is -2.13. The van der Waals surface area contributed by atoms with Crippen molar-refractivity contribution in [1.82, 2.24) is 9.97 Å². The van der Waals surface area contributed by atoms with E-state index in [1.807, 2.05) is 51.2 Å². The predicted molar refractivity (Wildman–Crippen MR) is 127 cm³/mol. The van der Waals surface area contributed by atoms with Gasteiger partial charge in [0.15, 0.2) is 5.82 Å². The smallest absolute Gasteiger partial charge is 0.163 e. The normalized spacial score (nSPS) is 11.4. The second-order valence-corrected chi connectivity index (χ2v) is 7.56. The minimum atomic E-state index is 0.492. The summed E-state index contributed by atoms with van der Waals surface area (Å²) in [4.78, 5) is 13.7. The van der Waals surface area contributed by atoms with Gasteiger partial charge in [-0.15, -0.1) is 0 Å². The van der Waals surface area contributed by atoms with Crippen molar-refractivity contribution in [1.29, 1.82) is 0 Å². The molecule has 0 bridgehead atoms. The number of hydrogen-bond donors (Lipinski definition) is 3. The van der Waals surface area contributed by atoms with Crippen molar-refractivity contribution in [3.05, 3.63) is 69.3 Å². The van der Waals surface area contributed by atoms with E-state index in [0.717, 1.165) is 33.9 Å². The highest BCUT2D eigenvalue weighted by molar-refractivity contribution is 6.36. The summed E-state index contributed by atoms with van der Waals surface area (Å²) in [7, 11) is 1.86. The number of nitrogens with zero attached hydrogens (tertiary/aromatic N) is 3.